The molecule has 0 aliphatic rings. The lowest BCUT2D eigenvalue weighted by Gasteiger charge is -2.10. The lowest BCUT2D eigenvalue weighted by Crippen LogP contribution is -2.29. The first-order chi connectivity index (χ1) is 7.71. The second-order valence-corrected chi connectivity index (χ2v) is 3.42. The third kappa shape index (κ3) is 3.35. The summed E-state index contributed by atoms with van der Waals surface area (Å²) in [5, 5.41) is 1.64. The Kier molecular flexibility index (Phi) is 3.62. The number of carbonyl (C=O) groups is 2. The molecule has 1 aromatic carbocycles. The minimum Gasteiger partial charge on any atom is -0.361 e. The van der Waals surface area contributed by atoms with Crippen LogP contribution in [0.15, 0.2) is 18.2 Å². The van der Waals surface area contributed by atoms with Crippen molar-refractivity contribution in [2.75, 3.05) is 5.32 Å². The van der Waals surface area contributed by atoms with Crippen molar-refractivity contribution < 1.29 is 22.8 Å². The molecule has 0 aliphatic heterocycles. The van der Waals surface area contributed by atoms with Gasteiger partial charge in [0.1, 0.15) is 0 Å². The molecule has 92 valence electrons. The topological polar surface area (TPSA) is 72.2 Å². The predicted molar refractivity (Wildman–Crippen MR) is 54.3 cm³/mol. The van der Waals surface area contributed by atoms with E-state index in [1.54, 1.807) is 0 Å². The van der Waals surface area contributed by atoms with Crippen LogP contribution in [0.1, 0.15) is 5.56 Å². The highest BCUT2D eigenvalue weighted by Crippen LogP contribution is 2.33. The maximum absolute atomic E-state index is 12.3. The van der Waals surface area contributed by atoms with Crippen LogP contribution in [-0.4, -0.2) is 11.8 Å². The van der Waals surface area contributed by atoms with E-state index >= 15 is 0 Å². The van der Waals surface area contributed by atoms with Crippen LogP contribution in [0.3, 0.4) is 0 Å². The van der Waals surface area contributed by atoms with Gasteiger partial charge in [0.2, 0.25) is 0 Å². The number of anilines is 1. The van der Waals surface area contributed by atoms with Gasteiger partial charge in [0.25, 0.3) is 0 Å². The molecule has 8 heteroatoms. The van der Waals surface area contributed by atoms with E-state index in [0.717, 1.165) is 12.1 Å². The van der Waals surface area contributed by atoms with Crippen LogP contribution in [-0.2, 0) is 15.8 Å². The highest BCUT2D eigenvalue weighted by Gasteiger charge is 2.31. The zero-order valence-corrected chi connectivity index (χ0v) is 8.89. The normalized spacial score (nSPS) is 11.1. The van der Waals surface area contributed by atoms with Crippen LogP contribution in [0.25, 0.3) is 0 Å². The number of halogens is 4. The van der Waals surface area contributed by atoms with Crippen LogP contribution in [0.5, 0.6) is 0 Å². The molecule has 0 aromatic heterocycles. The minimum absolute atomic E-state index is 0.122. The zero-order valence-electron chi connectivity index (χ0n) is 8.14. The van der Waals surface area contributed by atoms with E-state index in [9.17, 15) is 22.8 Å². The van der Waals surface area contributed by atoms with Crippen molar-refractivity contribution in [2.45, 2.75) is 6.18 Å². The van der Waals surface area contributed by atoms with Crippen molar-refractivity contribution in [3.63, 3.8) is 0 Å². The molecule has 0 spiro atoms. The van der Waals surface area contributed by atoms with Gasteiger partial charge in [0.15, 0.2) is 0 Å². The van der Waals surface area contributed by atoms with E-state index < -0.39 is 23.6 Å². The first-order valence-corrected chi connectivity index (χ1v) is 4.57. The summed E-state index contributed by atoms with van der Waals surface area (Å²) in [6, 6.07) is 2.30. The van der Waals surface area contributed by atoms with Gasteiger partial charge in [-0.3, -0.25) is 9.59 Å². The summed E-state index contributed by atoms with van der Waals surface area (Å²) >= 11 is 5.52. The fourth-order valence-corrected chi connectivity index (χ4v) is 1.20. The fourth-order valence-electron chi connectivity index (χ4n) is 0.977. The lowest BCUT2D eigenvalue weighted by molar-refractivity contribution is -0.137. The molecule has 17 heavy (non-hydrogen) atoms. The second-order valence-electron chi connectivity index (χ2n) is 3.01. The smallest absolute Gasteiger partial charge is 0.361 e. The van der Waals surface area contributed by atoms with Gasteiger partial charge >= 0.3 is 18.0 Å². The molecule has 1 aromatic rings. The summed E-state index contributed by atoms with van der Waals surface area (Å²) in [5.74, 6) is -2.42. The summed E-state index contributed by atoms with van der Waals surface area (Å²) in [4.78, 5) is 21.3. The van der Waals surface area contributed by atoms with Crippen molar-refractivity contribution in [1.82, 2.24) is 0 Å². The van der Waals surface area contributed by atoms with E-state index in [0.29, 0.717) is 6.07 Å². The number of carbonyl (C=O) groups excluding carboxylic acids is 2. The standard InChI is InChI=1S/C9H6ClF3N2O2/c10-5-3-4(9(11,12)13)1-2-6(5)15-8(17)7(14)16/h1-3H,(H2,14,16)(H,15,17). The van der Waals surface area contributed by atoms with Crippen LogP contribution < -0.4 is 11.1 Å². The summed E-state index contributed by atoms with van der Waals surface area (Å²) < 4.78 is 36.8. The average molecular weight is 267 g/mol. The molecule has 0 unspecified atom stereocenters. The van der Waals surface area contributed by atoms with Gasteiger partial charge in [-0.25, -0.2) is 0 Å². The summed E-state index contributed by atoms with van der Waals surface area (Å²) in [6.07, 6.45) is -4.53. The first kappa shape index (κ1) is 13.3. The van der Waals surface area contributed by atoms with Crippen LogP contribution >= 0.6 is 11.6 Å². The molecule has 0 atom stereocenters. The SMILES string of the molecule is NC(=O)C(=O)Nc1ccc(C(F)(F)F)cc1Cl. The lowest BCUT2D eigenvalue weighted by atomic mass is 10.2. The molecule has 0 saturated heterocycles. The maximum Gasteiger partial charge on any atom is 0.416 e. The molecule has 0 radical (unpaired) electrons. The minimum atomic E-state index is -4.53. The Bertz CT molecular complexity index is 474. The number of rotatable bonds is 1. The van der Waals surface area contributed by atoms with Gasteiger partial charge in [0, 0.05) is 0 Å². The Hall–Kier alpha value is -1.76. The molecule has 3 N–H and O–H groups in total. The van der Waals surface area contributed by atoms with Gasteiger partial charge in [-0.2, -0.15) is 13.2 Å². The van der Waals surface area contributed by atoms with Crippen molar-refractivity contribution in [1.29, 1.82) is 0 Å². The first-order valence-electron chi connectivity index (χ1n) is 4.19. The van der Waals surface area contributed by atoms with Crippen LogP contribution in [0.2, 0.25) is 5.02 Å². The quantitative estimate of drug-likeness (QED) is 0.761. The van der Waals surface area contributed by atoms with Gasteiger partial charge in [-0.15, -0.1) is 0 Å². The Morgan fingerprint density at radius 2 is 1.88 bits per heavy atom. The van der Waals surface area contributed by atoms with Crippen molar-refractivity contribution in [3.8, 4) is 0 Å². The summed E-state index contributed by atoms with van der Waals surface area (Å²) in [7, 11) is 0. The number of hydrogen-bond donors (Lipinski definition) is 2. The molecule has 0 aliphatic carbocycles. The summed E-state index contributed by atoms with van der Waals surface area (Å²) in [5.41, 5.74) is 3.58. The fraction of sp³-hybridized carbons (Fsp3) is 0.111. The number of hydrogen-bond acceptors (Lipinski definition) is 2. The van der Waals surface area contributed by atoms with Crippen LogP contribution in [0.4, 0.5) is 18.9 Å². The third-order valence-electron chi connectivity index (χ3n) is 1.77. The molecular formula is C9H6ClF3N2O2. The molecule has 0 bridgehead atoms. The van der Waals surface area contributed by atoms with Gasteiger partial charge < -0.3 is 11.1 Å². The van der Waals surface area contributed by atoms with Crippen molar-refractivity contribution in [3.05, 3.63) is 28.8 Å². The Labute approximate surface area is 98.5 Å². The maximum atomic E-state index is 12.3. The molecule has 1 rings (SSSR count). The number of nitrogens with two attached hydrogens (primary N) is 1. The van der Waals surface area contributed by atoms with Gasteiger partial charge in [-0.05, 0) is 18.2 Å². The number of primary amides is 1. The van der Waals surface area contributed by atoms with Crippen LogP contribution in [0, 0.1) is 0 Å². The second kappa shape index (κ2) is 4.62. The average Bonchev–Trinajstić information content (AvgIpc) is 2.19. The highest BCUT2D eigenvalue weighted by molar-refractivity contribution is 6.41. The van der Waals surface area contributed by atoms with E-state index in [4.69, 9.17) is 11.6 Å². The van der Waals surface area contributed by atoms with Crippen molar-refractivity contribution >= 4 is 29.1 Å². The Balaban J connectivity index is 2.99. The molecule has 0 heterocycles. The Morgan fingerprint density at radius 3 is 2.29 bits per heavy atom. The van der Waals surface area contributed by atoms with E-state index in [1.165, 1.54) is 0 Å². The number of nitrogens with one attached hydrogen (secondary N) is 1. The Morgan fingerprint density at radius 1 is 1.29 bits per heavy atom. The van der Waals surface area contributed by atoms with E-state index in [2.05, 4.69) is 5.73 Å². The van der Waals surface area contributed by atoms with Gasteiger partial charge in [0.05, 0.1) is 16.3 Å². The monoisotopic (exact) mass is 266 g/mol. The number of benzene rings is 1. The highest BCUT2D eigenvalue weighted by atomic mass is 35.5. The number of alkyl halides is 3. The molecule has 0 saturated carbocycles. The predicted octanol–water partition coefficient (Wildman–Crippen LogP) is 1.78. The van der Waals surface area contributed by atoms with E-state index in [1.807, 2.05) is 5.32 Å². The molecular weight excluding hydrogens is 261 g/mol. The zero-order chi connectivity index (χ0) is 13.2. The molecule has 2 amide bonds. The number of amides is 2. The third-order valence-corrected chi connectivity index (χ3v) is 2.08. The van der Waals surface area contributed by atoms with Gasteiger partial charge in [-0.1, -0.05) is 11.6 Å². The summed E-state index contributed by atoms with van der Waals surface area (Å²) in [6.45, 7) is 0. The van der Waals surface area contributed by atoms with E-state index in [-0.39, 0.29) is 10.7 Å². The van der Waals surface area contributed by atoms with Crippen molar-refractivity contribution in [2.24, 2.45) is 5.73 Å². The largest absolute Gasteiger partial charge is 0.416 e. The molecule has 0 fully saturated rings. The molecule has 4 nitrogen and oxygen atoms in total.